The summed E-state index contributed by atoms with van der Waals surface area (Å²) in [5, 5.41) is 5.91. The molecule has 1 atom stereocenters. The molecule has 0 saturated carbocycles. The standard InChI is InChI=1S/C15H16Cl2N2O3/c1-3-7-22-14(20)11-8(2)18-15(21)19-13(11)9-5-4-6-10(16)12(9)17/h4-6,13H,3,7H2,1-2H3,(H2,18,19,21)/t13-/m0/s1. The van der Waals surface area contributed by atoms with E-state index in [1.54, 1.807) is 25.1 Å². The number of rotatable bonds is 4. The minimum absolute atomic E-state index is 0.296. The molecule has 7 heteroatoms. The molecular formula is C15H16Cl2N2O3. The first-order valence-electron chi connectivity index (χ1n) is 6.85. The average Bonchev–Trinajstić information content (AvgIpc) is 2.46. The van der Waals surface area contributed by atoms with Crippen LogP contribution in [0.5, 0.6) is 0 Å². The highest BCUT2D eigenvalue weighted by atomic mass is 35.5. The second-order valence-electron chi connectivity index (χ2n) is 4.85. The number of hydrogen-bond donors (Lipinski definition) is 2. The van der Waals surface area contributed by atoms with E-state index in [1.165, 1.54) is 0 Å². The number of allylic oxidation sites excluding steroid dienone is 1. The zero-order valence-electron chi connectivity index (χ0n) is 12.2. The molecule has 2 rings (SSSR count). The predicted molar refractivity (Wildman–Crippen MR) is 84.8 cm³/mol. The fraction of sp³-hybridized carbons (Fsp3) is 0.333. The Bertz CT molecular complexity index is 644. The fourth-order valence-electron chi connectivity index (χ4n) is 2.21. The van der Waals surface area contributed by atoms with Gasteiger partial charge in [0, 0.05) is 5.70 Å². The number of carbonyl (C=O) groups excluding carboxylic acids is 2. The molecule has 1 aliphatic rings. The minimum atomic E-state index is -0.704. The summed E-state index contributed by atoms with van der Waals surface area (Å²) in [6.45, 7) is 3.85. The molecule has 0 fully saturated rings. The Morgan fingerprint density at radius 2 is 2.09 bits per heavy atom. The third-order valence-electron chi connectivity index (χ3n) is 3.22. The molecule has 2 amide bonds. The van der Waals surface area contributed by atoms with E-state index in [2.05, 4.69) is 10.6 Å². The van der Waals surface area contributed by atoms with Crippen molar-refractivity contribution in [2.75, 3.05) is 6.61 Å². The smallest absolute Gasteiger partial charge is 0.338 e. The van der Waals surface area contributed by atoms with E-state index in [0.29, 0.717) is 39.9 Å². The number of carbonyl (C=O) groups is 2. The molecule has 0 radical (unpaired) electrons. The van der Waals surface area contributed by atoms with Gasteiger partial charge in [0.15, 0.2) is 0 Å². The lowest BCUT2D eigenvalue weighted by molar-refractivity contribution is -0.139. The van der Waals surface area contributed by atoms with Gasteiger partial charge in [0.2, 0.25) is 0 Å². The second kappa shape index (κ2) is 7.03. The van der Waals surface area contributed by atoms with Gasteiger partial charge in [-0.15, -0.1) is 0 Å². The number of nitrogens with one attached hydrogen (secondary N) is 2. The molecule has 22 heavy (non-hydrogen) atoms. The first-order valence-corrected chi connectivity index (χ1v) is 7.60. The van der Waals surface area contributed by atoms with E-state index in [9.17, 15) is 9.59 Å². The van der Waals surface area contributed by atoms with Crippen LogP contribution in [0.25, 0.3) is 0 Å². The minimum Gasteiger partial charge on any atom is -0.462 e. The average molecular weight is 343 g/mol. The second-order valence-corrected chi connectivity index (χ2v) is 5.63. The lowest BCUT2D eigenvalue weighted by Crippen LogP contribution is -2.45. The number of amides is 2. The maximum absolute atomic E-state index is 12.3. The van der Waals surface area contributed by atoms with Gasteiger partial charge < -0.3 is 15.4 Å². The Labute approximate surface area is 138 Å². The van der Waals surface area contributed by atoms with Crippen LogP contribution in [0.1, 0.15) is 31.9 Å². The van der Waals surface area contributed by atoms with Gasteiger partial charge in [0.1, 0.15) is 0 Å². The lowest BCUT2D eigenvalue weighted by Gasteiger charge is -2.28. The summed E-state index contributed by atoms with van der Waals surface area (Å²) in [7, 11) is 0. The van der Waals surface area contributed by atoms with Crippen LogP contribution in [0.3, 0.4) is 0 Å². The van der Waals surface area contributed by atoms with E-state index < -0.39 is 18.0 Å². The van der Waals surface area contributed by atoms with Crippen molar-refractivity contribution in [2.45, 2.75) is 26.3 Å². The summed E-state index contributed by atoms with van der Waals surface area (Å²) in [5.41, 5.74) is 1.30. The summed E-state index contributed by atoms with van der Waals surface area (Å²) in [5.74, 6) is -0.493. The SMILES string of the molecule is CCCOC(=O)C1=C(C)NC(=O)N[C@H]1c1cccc(Cl)c1Cl. The lowest BCUT2D eigenvalue weighted by atomic mass is 9.95. The van der Waals surface area contributed by atoms with Gasteiger partial charge in [0.25, 0.3) is 0 Å². The molecule has 0 aliphatic carbocycles. The zero-order valence-corrected chi connectivity index (χ0v) is 13.7. The van der Waals surface area contributed by atoms with Crippen LogP contribution >= 0.6 is 23.2 Å². The number of urea groups is 1. The van der Waals surface area contributed by atoms with Crippen molar-refractivity contribution in [3.8, 4) is 0 Å². The van der Waals surface area contributed by atoms with Gasteiger partial charge in [-0.3, -0.25) is 0 Å². The number of esters is 1. The summed E-state index contributed by atoms with van der Waals surface area (Å²) in [4.78, 5) is 24.1. The van der Waals surface area contributed by atoms with Crippen LogP contribution in [-0.2, 0) is 9.53 Å². The van der Waals surface area contributed by atoms with E-state index >= 15 is 0 Å². The van der Waals surface area contributed by atoms with Gasteiger partial charge >= 0.3 is 12.0 Å². The summed E-state index contributed by atoms with van der Waals surface area (Å²) < 4.78 is 5.19. The van der Waals surface area contributed by atoms with Gasteiger partial charge in [-0.05, 0) is 25.0 Å². The summed E-state index contributed by atoms with van der Waals surface area (Å²) in [6.07, 6.45) is 0.709. The van der Waals surface area contributed by atoms with E-state index in [1.807, 2.05) is 6.92 Å². The fourth-order valence-corrected chi connectivity index (χ4v) is 2.63. The molecule has 1 aromatic rings. The molecule has 5 nitrogen and oxygen atoms in total. The van der Waals surface area contributed by atoms with Crippen molar-refractivity contribution in [3.63, 3.8) is 0 Å². The van der Waals surface area contributed by atoms with Gasteiger partial charge in [-0.25, -0.2) is 9.59 Å². The van der Waals surface area contributed by atoms with Crippen molar-refractivity contribution in [1.29, 1.82) is 0 Å². The Morgan fingerprint density at radius 3 is 2.77 bits per heavy atom. The number of halogens is 2. The van der Waals surface area contributed by atoms with Crippen LogP contribution in [0.4, 0.5) is 4.79 Å². The first kappa shape index (κ1) is 16.6. The Balaban J connectivity index is 2.46. The van der Waals surface area contributed by atoms with Crippen molar-refractivity contribution in [2.24, 2.45) is 0 Å². The third kappa shape index (κ3) is 3.36. The van der Waals surface area contributed by atoms with Gasteiger partial charge in [0.05, 0.1) is 28.3 Å². The Hall–Kier alpha value is -1.72. The van der Waals surface area contributed by atoms with Crippen LogP contribution < -0.4 is 10.6 Å². The van der Waals surface area contributed by atoms with Crippen molar-refractivity contribution in [1.82, 2.24) is 10.6 Å². The first-order chi connectivity index (χ1) is 10.5. The van der Waals surface area contributed by atoms with E-state index in [-0.39, 0.29) is 0 Å². The molecule has 1 heterocycles. The maximum Gasteiger partial charge on any atom is 0.338 e. The summed E-state index contributed by atoms with van der Waals surface area (Å²) >= 11 is 12.2. The monoisotopic (exact) mass is 342 g/mol. The van der Waals surface area contributed by atoms with Crippen LogP contribution in [-0.4, -0.2) is 18.6 Å². The highest BCUT2D eigenvalue weighted by Crippen LogP contribution is 2.35. The zero-order chi connectivity index (χ0) is 16.3. The highest BCUT2D eigenvalue weighted by Gasteiger charge is 2.33. The molecule has 0 saturated heterocycles. The van der Waals surface area contributed by atoms with Crippen molar-refractivity contribution < 1.29 is 14.3 Å². The molecule has 0 unspecified atom stereocenters. The summed E-state index contributed by atoms with van der Waals surface area (Å²) in [6, 6.07) is 3.95. The molecule has 0 spiro atoms. The molecule has 1 aromatic carbocycles. The predicted octanol–water partition coefficient (Wildman–Crippen LogP) is 3.57. The van der Waals surface area contributed by atoms with Crippen molar-refractivity contribution >= 4 is 35.2 Å². The van der Waals surface area contributed by atoms with Crippen LogP contribution in [0, 0.1) is 0 Å². The van der Waals surface area contributed by atoms with Crippen LogP contribution in [0.2, 0.25) is 10.0 Å². The molecule has 1 aliphatic heterocycles. The van der Waals surface area contributed by atoms with Gasteiger partial charge in [-0.1, -0.05) is 42.3 Å². The van der Waals surface area contributed by atoms with Gasteiger partial charge in [-0.2, -0.15) is 0 Å². The maximum atomic E-state index is 12.3. The third-order valence-corrected chi connectivity index (χ3v) is 4.05. The highest BCUT2D eigenvalue weighted by molar-refractivity contribution is 6.42. The quantitative estimate of drug-likeness (QED) is 0.822. The number of hydrogen-bond acceptors (Lipinski definition) is 3. The largest absolute Gasteiger partial charge is 0.462 e. The van der Waals surface area contributed by atoms with Crippen LogP contribution in [0.15, 0.2) is 29.5 Å². The number of ether oxygens (including phenoxy) is 1. The van der Waals surface area contributed by atoms with Crippen molar-refractivity contribution in [3.05, 3.63) is 45.1 Å². The Morgan fingerprint density at radius 1 is 1.36 bits per heavy atom. The number of benzene rings is 1. The molecule has 0 bridgehead atoms. The molecular weight excluding hydrogens is 327 g/mol. The Kier molecular flexibility index (Phi) is 5.32. The van der Waals surface area contributed by atoms with E-state index in [0.717, 1.165) is 0 Å². The molecule has 118 valence electrons. The molecule has 2 N–H and O–H groups in total. The van der Waals surface area contributed by atoms with E-state index in [4.69, 9.17) is 27.9 Å². The normalized spacial score (nSPS) is 17.8. The molecule has 0 aromatic heterocycles. The topological polar surface area (TPSA) is 67.4 Å².